The summed E-state index contributed by atoms with van der Waals surface area (Å²) >= 11 is 0. The van der Waals surface area contributed by atoms with Crippen molar-refractivity contribution in [2.75, 3.05) is 7.11 Å². The monoisotopic (exact) mass is 199 g/mol. The first-order chi connectivity index (χ1) is 6.69. The van der Waals surface area contributed by atoms with Gasteiger partial charge < -0.3 is 15.0 Å². The smallest absolute Gasteiger partial charge is 0.243 e. The zero-order valence-corrected chi connectivity index (χ0v) is 8.86. The summed E-state index contributed by atoms with van der Waals surface area (Å²) in [7, 11) is 1.64. The SMILES string of the molecule is CCCC(OC)c1noc(C(C)N)n1. The molecule has 1 heterocycles. The molecule has 0 aromatic carbocycles. The lowest BCUT2D eigenvalue weighted by Gasteiger charge is -2.08. The molecule has 0 aliphatic heterocycles. The summed E-state index contributed by atoms with van der Waals surface area (Å²) in [4.78, 5) is 4.17. The number of ether oxygens (including phenoxy) is 1. The Morgan fingerprint density at radius 1 is 1.57 bits per heavy atom. The number of nitrogens with zero attached hydrogens (tertiary/aromatic N) is 2. The van der Waals surface area contributed by atoms with E-state index in [-0.39, 0.29) is 12.1 Å². The third kappa shape index (κ3) is 2.52. The normalized spacial score (nSPS) is 15.4. The molecule has 0 aliphatic carbocycles. The van der Waals surface area contributed by atoms with Crippen LogP contribution in [0.25, 0.3) is 0 Å². The Morgan fingerprint density at radius 3 is 2.71 bits per heavy atom. The topological polar surface area (TPSA) is 74.2 Å². The van der Waals surface area contributed by atoms with Crippen LogP contribution in [0.5, 0.6) is 0 Å². The molecule has 0 bridgehead atoms. The predicted octanol–water partition coefficient (Wildman–Crippen LogP) is 1.58. The summed E-state index contributed by atoms with van der Waals surface area (Å²) in [6, 6.07) is -0.226. The van der Waals surface area contributed by atoms with Crippen LogP contribution in [-0.2, 0) is 4.74 Å². The van der Waals surface area contributed by atoms with Crippen molar-refractivity contribution < 1.29 is 9.26 Å². The van der Waals surface area contributed by atoms with Crippen LogP contribution in [0.2, 0.25) is 0 Å². The molecule has 5 heteroatoms. The molecule has 0 radical (unpaired) electrons. The van der Waals surface area contributed by atoms with Crippen molar-refractivity contribution >= 4 is 0 Å². The van der Waals surface area contributed by atoms with Gasteiger partial charge in [0.2, 0.25) is 11.7 Å². The van der Waals surface area contributed by atoms with Gasteiger partial charge in [0.05, 0.1) is 6.04 Å². The first kappa shape index (κ1) is 11.1. The van der Waals surface area contributed by atoms with Crippen LogP contribution in [0.3, 0.4) is 0 Å². The summed E-state index contributed by atoms with van der Waals surface area (Å²) in [5.74, 6) is 1.04. The summed E-state index contributed by atoms with van der Waals surface area (Å²) in [6.45, 7) is 3.89. The molecule has 2 atom stereocenters. The second kappa shape index (κ2) is 5.07. The highest BCUT2D eigenvalue weighted by molar-refractivity contribution is 4.93. The van der Waals surface area contributed by atoms with Crippen molar-refractivity contribution in [2.24, 2.45) is 5.73 Å². The Kier molecular flexibility index (Phi) is 4.03. The number of rotatable bonds is 5. The van der Waals surface area contributed by atoms with Crippen LogP contribution in [0.4, 0.5) is 0 Å². The van der Waals surface area contributed by atoms with Gasteiger partial charge in [-0.05, 0) is 13.3 Å². The fourth-order valence-corrected chi connectivity index (χ4v) is 1.18. The lowest BCUT2D eigenvalue weighted by atomic mass is 10.2. The minimum absolute atomic E-state index is 0.0868. The van der Waals surface area contributed by atoms with Gasteiger partial charge in [-0.25, -0.2) is 0 Å². The summed E-state index contributed by atoms with van der Waals surface area (Å²) in [6.07, 6.45) is 1.81. The minimum Gasteiger partial charge on any atom is -0.373 e. The van der Waals surface area contributed by atoms with Crippen molar-refractivity contribution in [3.05, 3.63) is 11.7 Å². The lowest BCUT2D eigenvalue weighted by molar-refractivity contribution is 0.0854. The van der Waals surface area contributed by atoms with E-state index in [0.717, 1.165) is 12.8 Å². The Balaban J connectivity index is 2.73. The van der Waals surface area contributed by atoms with Crippen molar-refractivity contribution in [3.63, 3.8) is 0 Å². The molecule has 0 spiro atoms. The van der Waals surface area contributed by atoms with E-state index < -0.39 is 0 Å². The Hall–Kier alpha value is -0.940. The quantitative estimate of drug-likeness (QED) is 0.779. The average molecular weight is 199 g/mol. The second-order valence-corrected chi connectivity index (χ2v) is 3.29. The molecule has 1 rings (SSSR count). The molecule has 0 saturated carbocycles. The minimum atomic E-state index is -0.226. The van der Waals surface area contributed by atoms with Gasteiger partial charge in [-0.3, -0.25) is 0 Å². The molecule has 0 saturated heterocycles. The van der Waals surface area contributed by atoms with Crippen LogP contribution in [0, 0.1) is 0 Å². The van der Waals surface area contributed by atoms with Crippen molar-refractivity contribution in [1.82, 2.24) is 10.1 Å². The van der Waals surface area contributed by atoms with E-state index in [1.807, 2.05) is 0 Å². The largest absolute Gasteiger partial charge is 0.373 e. The molecule has 5 nitrogen and oxygen atoms in total. The van der Waals surface area contributed by atoms with Gasteiger partial charge in [-0.1, -0.05) is 18.5 Å². The maximum Gasteiger partial charge on any atom is 0.243 e. The average Bonchev–Trinajstić information content (AvgIpc) is 2.63. The summed E-state index contributed by atoms with van der Waals surface area (Å²) in [5.41, 5.74) is 5.61. The molecular formula is C9H17N3O2. The first-order valence-corrected chi connectivity index (χ1v) is 4.80. The van der Waals surface area contributed by atoms with E-state index in [2.05, 4.69) is 17.1 Å². The van der Waals surface area contributed by atoms with E-state index in [9.17, 15) is 0 Å². The Labute approximate surface area is 83.6 Å². The van der Waals surface area contributed by atoms with Gasteiger partial charge in [0.25, 0.3) is 0 Å². The zero-order valence-electron chi connectivity index (χ0n) is 8.86. The maximum absolute atomic E-state index is 5.61. The molecule has 0 aliphatic rings. The maximum atomic E-state index is 5.61. The molecule has 2 unspecified atom stereocenters. The number of hydrogen-bond acceptors (Lipinski definition) is 5. The fourth-order valence-electron chi connectivity index (χ4n) is 1.18. The van der Waals surface area contributed by atoms with Crippen molar-refractivity contribution in [1.29, 1.82) is 0 Å². The highest BCUT2D eigenvalue weighted by atomic mass is 16.5. The van der Waals surface area contributed by atoms with Crippen molar-refractivity contribution in [2.45, 2.75) is 38.8 Å². The van der Waals surface area contributed by atoms with Crippen molar-refractivity contribution in [3.8, 4) is 0 Å². The standard InChI is InChI=1S/C9H17N3O2/c1-4-5-7(13-3)8-11-9(6(2)10)14-12-8/h6-7H,4-5,10H2,1-3H3. The Morgan fingerprint density at radius 2 is 2.29 bits per heavy atom. The fraction of sp³-hybridized carbons (Fsp3) is 0.778. The highest BCUT2D eigenvalue weighted by Gasteiger charge is 2.18. The molecule has 14 heavy (non-hydrogen) atoms. The van der Waals surface area contributed by atoms with Crippen LogP contribution >= 0.6 is 0 Å². The van der Waals surface area contributed by atoms with E-state index in [0.29, 0.717) is 11.7 Å². The molecule has 0 amide bonds. The van der Waals surface area contributed by atoms with E-state index in [1.165, 1.54) is 0 Å². The zero-order chi connectivity index (χ0) is 10.6. The van der Waals surface area contributed by atoms with Crippen LogP contribution < -0.4 is 5.73 Å². The van der Waals surface area contributed by atoms with Gasteiger partial charge in [0, 0.05) is 7.11 Å². The van der Waals surface area contributed by atoms with Gasteiger partial charge in [0.1, 0.15) is 6.10 Å². The van der Waals surface area contributed by atoms with E-state index in [4.69, 9.17) is 15.0 Å². The van der Waals surface area contributed by atoms with Gasteiger partial charge in [-0.2, -0.15) is 4.98 Å². The summed E-state index contributed by atoms with van der Waals surface area (Å²) in [5, 5.41) is 3.84. The number of methoxy groups -OCH3 is 1. The first-order valence-electron chi connectivity index (χ1n) is 4.80. The predicted molar refractivity (Wildman–Crippen MR) is 51.6 cm³/mol. The van der Waals surface area contributed by atoms with Crippen LogP contribution in [0.15, 0.2) is 4.52 Å². The molecule has 2 N–H and O–H groups in total. The third-order valence-corrected chi connectivity index (χ3v) is 1.97. The molecular weight excluding hydrogens is 182 g/mol. The van der Waals surface area contributed by atoms with Crippen LogP contribution in [0.1, 0.15) is 50.6 Å². The lowest BCUT2D eigenvalue weighted by Crippen LogP contribution is -2.07. The second-order valence-electron chi connectivity index (χ2n) is 3.29. The molecule has 80 valence electrons. The van der Waals surface area contributed by atoms with E-state index >= 15 is 0 Å². The molecule has 0 fully saturated rings. The number of nitrogens with two attached hydrogens (primary N) is 1. The van der Waals surface area contributed by atoms with Gasteiger partial charge >= 0.3 is 0 Å². The number of hydrogen-bond donors (Lipinski definition) is 1. The highest BCUT2D eigenvalue weighted by Crippen LogP contribution is 2.19. The van der Waals surface area contributed by atoms with Gasteiger partial charge in [-0.15, -0.1) is 0 Å². The third-order valence-electron chi connectivity index (χ3n) is 1.97. The number of aromatic nitrogens is 2. The Bertz CT molecular complexity index is 273. The molecule has 1 aromatic rings. The molecule has 1 aromatic heterocycles. The van der Waals surface area contributed by atoms with Gasteiger partial charge in [0.15, 0.2) is 0 Å². The summed E-state index contributed by atoms with van der Waals surface area (Å²) < 4.78 is 10.2. The van der Waals surface area contributed by atoms with E-state index in [1.54, 1.807) is 14.0 Å². The van der Waals surface area contributed by atoms with Crippen LogP contribution in [-0.4, -0.2) is 17.3 Å².